The van der Waals surface area contributed by atoms with Gasteiger partial charge >= 0.3 is 0 Å². The molecule has 2 nitrogen and oxygen atoms in total. The van der Waals surface area contributed by atoms with Crippen molar-refractivity contribution in [2.24, 2.45) is 5.92 Å². The highest BCUT2D eigenvalue weighted by molar-refractivity contribution is 7.82. The van der Waals surface area contributed by atoms with Gasteiger partial charge in [-0.15, -0.1) is 0 Å². The zero-order valence-electron chi connectivity index (χ0n) is 7.54. The molecule has 0 aromatic rings. The zero-order valence-corrected chi connectivity index (χ0v) is 8.36. The maximum absolute atomic E-state index is 11.3. The van der Waals surface area contributed by atoms with E-state index >= 15 is 0 Å². The highest BCUT2D eigenvalue weighted by Gasteiger charge is 2.33. The van der Waals surface area contributed by atoms with Crippen LogP contribution in [0.2, 0.25) is 0 Å². The van der Waals surface area contributed by atoms with Crippen LogP contribution in [0.15, 0.2) is 0 Å². The summed E-state index contributed by atoms with van der Waals surface area (Å²) in [6.45, 7) is 7.41. The summed E-state index contributed by atoms with van der Waals surface area (Å²) in [5, 5.41) is 0. The number of nitrogens with zero attached hydrogens (tertiary/aromatic N) is 1. The molecule has 66 valence electrons. The highest BCUT2D eigenvalue weighted by Crippen LogP contribution is 2.25. The molecular weight excluding hydrogens is 158 g/mol. The molecule has 0 amide bonds. The van der Waals surface area contributed by atoms with E-state index in [9.17, 15) is 4.21 Å². The van der Waals surface area contributed by atoms with E-state index in [0.29, 0.717) is 12.0 Å². The van der Waals surface area contributed by atoms with Gasteiger partial charge < -0.3 is 0 Å². The quantitative estimate of drug-likeness (QED) is 0.635. The minimum absolute atomic E-state index is 0.579. The molecule has 0 bridgehead atoms. The Hall–Kier alpha value is 0.110. The van der Waals surface area contributed by atoms with Crippen LogP contribution in [0.4, 0.5) is 0 Å². The van der Waals surface area contributed by atoms with Crippen molar-refractivity contribution in [2.45, 2.75) is 33.2 Å². The van der Waals surface area contributed by atoms with E-state index < -0.39 is 11.0 Å². The van der Waals surface area contributed by atoms with Crippen molar-refractivity contribution in [3.8, 4) is 0 Å². The lowest BCUT2D eigenvalue weighted by atomic mass is 9.95. The van der Waals surface area contributed by atoms with Gasteiger partial charge in [0.2, 0.25) is 0 Å². The van der Waals surface area contributed by atoms with Gasteiger partial charge in [-0.1, -0.05) is 20.8 Å². The first-order valence-electron chi connectivity index (χ1n) is 4.32. The van der Waals surface area contributed by atoms with Crippen molar-refractivity contribution >= 4 is 11.0 Å². The third kappa shape index (κ3) is 1.82. The van der Waals surface area contributed by atoms with Crippen molar-refractivity contribution in [1.82, 2.24) is 4.31 Å². The second-order valence-electron chi connectivity index (χ2n) is 3.35. The van der Waals surface area contributed by atoms with Crippen molar-refractivity contribution in [3.05, 3.63) is 0 Å². The number of rotatable bonds is 3. The molecule has 0 radical (unpaired) electrons. The van der Waals surface area contributed by atoms with Crippen molar-refractivity contribution in [3.63, 3.8) is 0 Å². The smallest absolute Gasteiger partial charge is 0.0942 e. The molecule has 0 aromatic heterocycles. The fraction of sp³-hybridized carbons (Fsp3) is 1.00. The van der Waals surface area contributed by atoms with Gasteiger partial charge in [0.15, 0.2) is 0 Å². The molecule has 0 saturated carbocycles. The van der Waals surface area contributed by atoms with E-state index in [2.05, 4.69) is 18.2 Å². The van der Waals surface area contributed by atoms with Crippen LogP contribution in [0.5, 0.6) is 0 Å². The summed E-state index contributed by atoms with van der Waals surface area (Å²) < 4.78 is 13.5. The maximum atomic E-state index is 11.3. The van der Waals surface area contributed by atoms with E-state index in [1.54, 1.807) is 0 Å². The first kappa shape index (κ1) is 9.20. The number of hydrogen-bond acceptors (Lipinski definition) is 1. The van der Waals surface area contributed by atoms with Crippen LogP contribution in [0.3, 0.4) is 0 Å². The van der Waals surface area contributed by atoms with Gasteiger partial charge in [0.05, 0.1) is 11.0 Å². The molecule has 3 heteroatoms. The molecule has 0 aromatic carbocycles. The van der Waals surface area contributed by atoms with Crippen molar-refractivity contribution in [2.75, 3.05) is 12.3 Å². The average molecular weight is 175 g/mol. The van der Waals surface area contributed by atoms with Gasteiger partial charge in [0.25, 0.3) is 0 Å². The van der Waals surface area contributed by atoms with Crippen molar-refractivity contribution < 1.29 is 4.21 Å². The zero-order chi connectivity index (χ0) is 8.43. The summed E-state index contributed by atoms with van der Waals surface area (Å²) in [6.07, 6.45) is 1.23. The normalized spacial score (nSPS) is 28.5. The van der Waals surface area contributed by atoms with Gasteiger partial charge in [-0.05, 0) is 12.3 Å². The Morgan fingerprint density at radius 3 is 2.55 bits per heavy atom. The van der Waals surface area contributed by atoms with Crippen LogP contribution in [-0.2, 0) is 11.0 Å². The molecule has 0 spiro atoms. The third-order valence-corrected chi connectivity index (χ3v) is 3.76. The Morgan fingerprint density at radius 2 is 2.27 bits per heavy atom. The molecule has 1 fully saturated rings. The molecule has 1 heterocycles. The maximum Gasteiger partial charge on any atom is 0.0942 e. The van der Waals surface area contributed by atoms with Crippen LogP contribution in [-0.4, -0.2) is 26.9 Å². The molecule has 1 rings (SSSR count). The molecule has 2 unspecified atom stereocenters. The molecule has 1 saturated heterocycles. The predicted molar refractivity (Wildman–Crippen MR) is 48.6 cm³/mol. The lowest BCUT2D eigenvalue weighted by Gasteiger charge is -2.41. The summed E-state index contributed by atoms with van der Waals surface area (Å²) in [5.74, 6) is 1.42. The highest BCUT2D eigenvalue weighted by atomic mass is 32.2. The van der Waals surface area contributed by atoms with Gasteiger partial charge in [-0.2, -0.15) is 0 Å². The average Bonchev–Trinajstić information content (AvgIpc) is 1.83. The van der Waals surface area contributed by atoms with Gasteiger partial charge in [-0.25, -0.2) is 8.51 Å². The Balaban J connectivity index is 2.43. The number of hydrogen-bond donors (Lipinski definition) is 0. The summed E-state index contributed by atoms with van der Waals surface area (Å²) >= 11 is 0. The van der Waals surface area contributed by atoms with Crippen LogP contribution in [0.1, 0.15) is 27.2 Å². The lowest BCUT2D eigenvalue weighted by molar-refractivity contribution is 0.159. The van der Waals surface area contributed by atoms with Crippen LogP contribution < -0.4 is 0 Å². The van der Waals surface area contributed by atoms with Crippen LogP contribution in [0.25, 0.3) is 0 Å². The summed E-state index contributed by atoms with van der Waals surface area (Å²) in [6, 6.07) is 0.579. The Bertz CT molecular complexity index is 158. The molecular formula is C8H17NOS. The van der Waals surface area contributed by atoms with E-state index in [-0.39, 0.29) is 0 Å². The topological polar surface area (TPSA) is 20.3 Å². The van der Waals surface area contributed by atoms with Crippen LogP contribution >= 0.6 is 0 Å². The SMILES string of the molecule is CCS(=O)N1CCC1C(C)C. The monoisotopic (exact) mass is 175 g/mol. The summed E-state index contributed by atoms with van der Waals surface area (Å²) in [5.41, 5.74) is 0. The first-order chi connectivity index (χ1) is 5.16. The largest absolute Gasteiger partial charge is 0.243 e. The molecule has 1 aliphatic heterocycles. The second kappa shape index (κ2) is 3.68. The summed E-state index contributed by atoms with van der Waals surface area (Å²) in [7, 11) is -0.702. The first-order valence-corrected chi connectivity index (χ1v) is 5.59. The van der Waals surface area contributed by atoms with Crippen molar-refractivity contribution in [1.29, 1.82) is 0 Å². The predicted octanol–water partition coefficient (Wildman–Crippen LogP) is 1.40. The Kier molecular flexibility index (Phi) is 3.07. The van der Waals surface area contributed by atoms with E-state index in [1.807, 2.05) is 6.92 Å². The summed E-state index contributed by atoms with van der Waals surface area (Å²) in [4.78, 5) is 0. The van der Waals surface area contributed by atoms with Gasteiger partial charge in [-0.3, -0.25) is 0 Å². The molecule has 0 aliphatic carbocycles. The second-order valence-corrected chi connectivity index (χ2v) is 5.04. The fourth-order valence-electron chi connectivity index (χ4n) is 1.47. The van der Waals surface area contributed by atoms with E-state index in [1.165, 1.54) is 6.42 Å². The molecule has 2 atom stereocenters. The van der Waals surface area contributed by atoms with E-state index in [0.717, 1.165) is 12.3 Å². The van der Waals surface area contributed by atoms with Gasteiger partial charge in [0.1, 0.15) is 0 Å². The third-order valence-electron chi connectivity index (χ3n) is 2.29. The molecule has 11 heavy (non-hydrogen) atoms. The standard InChI is InChI=1S/C8H17NOS/c1-4-11(10)9-6-5-8(9)7(2)3/h7-8H,4-6H2,1-3H3. The van der Waals surface area contributed by atoms with E-state index in [4.69, 9.17) is 0 Å². The molecule has 1 aliphatic rings. The lowest BCUT2D eigenvalue weighted by Crippen LogP contribution is -2.51. The van der Waals surface area contributed by atoms with Crippen LogP contribution in [0, 0.1) is 5.92 Å². The Labute approximate surface area is 71.6 Å². The molecule has 0 N–H and O–H groups in total. The fourth-order valence-corrected chi connectivity index (χ4v) is 2.76. The minimum atomic E-state index is -0.702. The van der Waals surface area contributed by atoms with Gasteiger partial charge in [0, 0.05) is 18.3 Å². The minimum Gasteiger partial charge on any atom is -0.243 e. The Morgan fingerprint density at radius 1 is 1.64 bits per heavy atom.